The Morgan fingerprint density at radius 3 is 2.56 bits per heavy atom. The van der Waals surface area contributed by atoms with E-state index in [0.717, 1.165) is 5.69 Å². The smallest absolute Gasteiger partial charge is 0.0766 e. The van der Waals surface area contributed by atoms with Crippen LogP contribution in [-0.4, -0.2) is 25.1 Å². The molecular weight excluding hydrogens is 198 g/mol. The molecule has 0 fully saturated rings. The summed E-state index contributed by atoms with van der Waals surface area (Å²) in [5.74, 6) is 0.710. The Kier molecular flexibility index (Phi) is 4.59. The molecule has 0 radical (unpaired) electrons. The van der Waals surface area contributed by atoms with Gasteiger partial charge in [-0.15, -0.1) is 0 Å². The van der Waals surface area contributed by atoms with Crippen LogP contribution in [0.15, 0.2) is 18.5 Å². The lowest BCUT2D eigenvalue weighted by Crippen LogP contribution is -2.20. The third kappa shape index (κ3) is 3.72. The molecule has 1 rings (SSSR count). The van der Waals surface area contributed by atoms with Gasteiger partial charge in [-0.3, -0.25) is 4.98 Å². The summed E-state index contributed by atoms with van der Waals surface area (Å²) in [5.41, 5.74) is 2.30. The molecule has 16 heavy (non-hydrogen) atoms. The maximum atomic E-state index is 4.17. The normalized spacial score (nSPS) is 12.6. The zero-order chi connectivity index (χ0) is 12.1. The Hall–Kier alpha value is -1.25. The van der Waals surface area contributed by atoms with Crippen LogP contribution in [0.4, 0.5) is 11.4 Å². The first-order valence-corrected chi connectivity index (χ1v) is 5.88. The maximum Gasteiger partial charge on any atom is 0.0766 e. The molecule has 3 nitrogen and oxygen atoms in total. The molecule has 1 heterocycles. The van der Waals surface area contributed by atoms with E-state index < -0.39 is 0 Å². The average molecular weight is 221 g/mol. The van der Waals surface area contributed by atoms with Gasteiger partial charge in [-0.1, -0.05) is 13.8 Å². The minimum atomic E-state index is 0.475. The molecule has 0 aliphatic carbocycles. The van der Waals surface area contributed by atoms with Crippen molar-refractivity contribution < 1.29 is 0 Å². The molecule has 0 aliphatic heterocycles. The van der Waals surface area contributed by atoms with Crippen LogP contribution in [0.1, 0.15) is 27.2 Å². The van der Waals surface area contributed by atoms with Crippen LogP contribution < -0.4 is 10.2 Å². The number of nitrogens with zero attached hydrogens (tertiary/aromatic N) is 2. The van der Waals surface area contributed by atoms with E-state index in [1.165, 1.54) is 12.1 Å². The van der Waals surface area contributed by atoms with E-state index in [4.69, 9.17) is 0 Å². The van der Waals surface area contributed by atoms with Gasteiger partial charge >= 0.3 is 0 Å². The van der Waals surface area contributed by atoms with E-state index in [0.29, 0.717) is 12.0 Å². The summed E-state index contributed by atoms with van der Waals surface area (Å²) in [4.78, 5) is 6.27. The highest BCUT2D eigenvalue weighted by molar-refractivity contribution is 5.68. The summed E-state index contributed by atoms with van der Waals surface area (Å²) < 4.78 is 0. The van der Waals surface area contributed by atoms with Crippen LogP contribution in [0.3, 0.4) is 0 Å². The fourth-order valence-corrected chi connectivity index (χ4v) is 1.92. The third-order valence-electron chi connectivity index (χ3n) is 2.51. The van der Waals surface area contributed by atoms with Crippen molar-refractivity contribution in [1.29, 1.82) is 0 Å². The molecule has 1 unspecified atom stereocenters. The van der Waals surface area contributed by atoms with Crippen molar-refractivity contribution in [2.45, 2.75) is 33.2 Å². The largest absolute Gasteiger partial charge is 0.380 e. The van der Waals surface area contributed by atoms with Crippen LogP contribution >= 0.6 is 0 Å². The number of nitrogens with one attached hydrogen (secondary N) is 1. The number of aromatic nitrogens is 1. The first-order valence-electron chi connectivity index (χ1n) is 5.88. The number of pyridine rings is 1. The fraction of sp³-hybridized carbons (Fsp3) is 0.615. The van der Waals surface area contributed by atoms with Crippen LogP contribution in [0, 0.1) is 5.92 Å². The zero-order valence-electron chi connectivity index (χ0n) is 11.0. The summed E-state index contributed by atoms with van der Waals surface area (Å²) in [5, 5.41) is 3.52. The summed E-state index contributed by atoms with van der Waals surface area (Å²) >= 11 is 0. The van der Waals surface area contributed by atoms with Gasteiger partial charge in [-0.25, -0.2) is 0 Å². The van der Waals surface area contributed by atoms with Gasteiger partial charge < -0.3 is 10.2 Å². The predicted molar refractivity (Wildman–Crippen MR) is 71.1 cm³/mol. The van der Waals surface area contributed by atoms with Gasteiger partial charge in [-0.2, -0.15) is 0 Å². The summed E-state index contributed by atoms with van der Waals surface area (Å²) in [6, 6.07) is 2.51. The molecule has 1 aromatic rings. The first kappa shape index (κ1) is 12.8. The van der Waals surface area contributed by atoms with Crippen molar-refractivity contribution in [3.05, 3.63) is 18.5 Å². The maximum absolute atomic E-state index is 4.17. The second kappa shape index (κ2) is 5.73. The number of hydrogen-bond donors (Lipinski definition) is 1. The van der Waals surface area contributed by atoms with Gasteiger partial charge in [0.1, 0.15) is 0 Å². The molecule has 0 bridgehead atoms. The third-order valence-corrected chi connectivity index (χ3v) is 2.51. The lowest BCUT2D eigenvalue weighted by molar-refractivity contribution is 0.539. The molecule has 0 saturated carbocycles. The lowest BCUT2D eigenvalue weighted by Gasteiger charge is -2.22. The monoisotopic (exact) mass is 221 g/mol. The molecule has 0 spiro atoms. The van der Waals surface area contributed by atoms with Crippen molar-refractivity contribution in [3.63, 3.8) is 0 Å². The molecule has 1 N–H and O–H groups in total. The highest BCUT2D eigenvalue weighted by Crippen LogP contribution is 2.23. The minimum absolute atomic E-state index is 0.475. The van der Waals surface area contributed by atoms with Gasteiger partial charge in [0.25, 0.3) is 0 Å². The standard InChI is InChI=1S/C13H23N3/c1-10(2)8-11(3)15-12-9-14-7-6-13(12)16(4)5/h6-7,9-11,15H,8H2,1-5H3. The van der Waals surface area contributed by atoms with Crippen molar-refractivity contribution >= 4 is 11.4 Å². The van der Waals surface area contributed by atoms with Crippen LogP contribution in [0.25, 0.3) is 0 Å². The SMILES string of the molecule is CC(C)CC(C)Nc1cnccc1N(C)C. The number of rotatable bonds is 5. The highest BCUT2D eigenvalue weighted by Gasteiger charge is 2.08. The molecule has 0 aliphatic rings. The predicted octanol–water partition coefficient (Wildman–Crippen LogP) is 2.99. The Balaban J connectivity index is 2.72. The second-order valence-electron chi connectivity index (χ2n) is 4.96. The van der Waals surface area contributed by atoms with E-state index in [1.54, 1.807) is 0 Å². The van der Waals surface area contributed by atoms with Gasteiger partial charge in [0.05, 0.1) is 17.6 Å². The van der Waals surface area contributed by atoms with Crippen molar-refractivity contribution in [2.24, 2.45) is 5.92 Å². The second-order valence-corrected chi connectivity index (χ2v) is 4.96. The van der Waals surface area contributed by atoms with E-state index in [-0.39, 0.29) is 0 Å². The molecule has 3 heteroatoms. The number of anilines is 2. The fourth-order valence-electron chi connectivity index (χ4n) is 1.92. The van der Waals surface area contributed by atoms with Gasteiger partial charge in [0.2, 0.25) is 0 Å². The molecule has 1 aromatic heterocycles. The topological polar surface area (TPSA) is 28.2 Å². The summed E-state index contributed by atoms with van der Waals surface area (Å²) in [6.07, 6.45) is 4.89. The van der Waals surface area contributed by atoms with Gasteiger partial charge in [0, 0.05) is 26.3 Å². The molecule has 90 valence electrons. The Morgan fingerprint density at radius 1 is 1.31 bits per heavy atom. The first-order chi connectivity index (χ1) is 7.50. The zero-order valence-corrected chi connectivity index (χ0v) is 11.0. The quantitative estimate of drug-likeness (QED) is 0.828. The van der Waals surface area contributed by atoms with E-state index in [9.17, 15) is 0 Å². The summed E-state index contributed by atoms with van der Waals surface area (Å²) in [7, 11) is 4.10. The average Bonchev–Trinajstić information content (AvgIpc) is 2.16. The molecular formula is C13H23N3. The van der Waals surface area contributed by atoms with Crippen LogP contribution in [0.2, 0.25) is 0 Å². The van der Waals surface area contributed by atoms with Crippen LogP contribution in [-0.2, 0) is 0 Å². The lowest BCUT2D eigenvalue weighted by atomic mass is 10.1. The van der Waals surface area contributed by atoms with Gasteiger partial charge in [-0.05, 0) is 25.3 Å². The Labute approximate surface area is 98.9 Å². The van der Waals surface area contributed by atoms with Crippen LogP contribution in [0.5, 0.6) is 0 Å². The Bertz CT molecular complexity index is 321. The highest BCUT2D eigenvalue weighted by atomic mass is 15.1. The number of hydrogen-bond acceptors (Lipinski definition) is 3. The van der Waals surface area contributed by atoms with Gasteiger partial charge in [0.15, 0.2) is 0 Å². The van der Waals surface area contributed by atoms with E-state index >= 15 is 0 Å². The molecule has 0 aromatic carbocycles. The van der Waals surface area contributed by atoms with Crippen molar-refractivity contribution in [2.75, 3.05) is 24.3 Å². The van der Waals surface area contributed by atoms with E-state index in [2.05, 4.69) is 36.0 Å². The Morgan fingerprint density at radius 2 is 2.00 bits per heavy atom. The van der Waals surface area contributed by atoms with E-state index in [1.807, 2.05) is 32.6 Å². The molecule has 0 amide bonds. The minimum Gasteiger partial charge on any atom is -0.380 e. The summed E-state index contributed by atoms with van der Waals surface area (Å²) in [6.45, 7) is 6.70. The molecule has 0 saturated heterocycles. The van der Waals surface area contributed by atoms with Crippen molar-refractivity contribution in [3.8, 4) is 0 Å². The molecule has 1 atom stereocenters. The van der Waals surface area contributed by atoms with Crippen molar-refractivity contribution in [1.82, 2.24) is 4.98 Å².